The molecule has 0 saturated carbocycles. The van der Waals surface area contributed by atoms with Crippen LogP contribution in [0.25, 0.3) is 0 Å². The zero-order chi connectivity index (χ0) is 15.6. The summed E-state index contributed by atoms with van der Waals surface area (Å²) in [4.78, 5) is 11.1. The Hall–Kier alpha value is -2.28. The fraction of sp³-hybridized carbons (Fsp3) is 0.214. The van der Waals surface area contributed by atoms with E-state index in [2.05, 4.69) is 0 Å². The van der Waals surface area contributed by atoms with Crippen molar-refractivity contribution in [3.05, 3.63) is 48.3 Å². The summed E-state index contributed by atoms with van der Waals surface area (Å²) in [5.41, 5.74) is 0.469. The van der Waals surface area contributed by atoms with Gasteiger partial charge in [-0.3, -0.25) is 4.31 Å². The zero-order valence-corrected chi connectivity index (χ0v) is 12.5. The number of nitrogens with zero attached hydrogens (tertiary/aromatic N) is 2. The van der Waals surface area contributed by atoms with E-state index in [1.165, 1.54) is 23.9 Å². The van der Waals surface area contributed by atoms with Crippen LogP contribution >= 0.6 is 0 Å². The zero-order valence-electron chi connectivity index (χ0n) is 11.7. The molecule has 0 aliphatic heterocycles. The monoisotopic (exact) mass is 308 g/mol. The number of hydrogen-bond donors (Lipinski definition) is 1. The number of carboxylic acids is 1. The summed E-state index contributed by atoms with van der Waals surface area (Å²) in [6, 6.07) is 9.79. The second kappa shape index (κ2) is 5.61. The fourth-order valence-electron chi connectivity index (χ4n) is 2.00. The maximum Gasteiger partial charge on any atom is 0.352 e. The molecule has 0 spiro atoms. The standard InChI is InChI=1S/C14H16N2O4S/c1-3-16-10-12(9-13(16)14(17)18)21(19,20)15(2)11-7-5-4-6-8-11/h4-10H,3H2,1-2H3,(H,17,18). The molecule has 0 aliphatic carbocycles. The van der Waals surface area contributed by atoms with Crippen LogP contribution in [0.1, 0.15) is 17.4 Å². The summed E-state index contributed by atoms with van der Waals surface area (Å²) in [6.45, 7) is 2.13. The number of hydrogen-bond acceptors (Lipinski definition) is 3. The molecule has 6 nitrogen and oxygen atoms in total. The van der Waals surface area contributed by atoms with E-state index in [9.17, 15) is 13.2 Å². The van der Waals surface area contributed by atoms with Crippen LogP contribution in [0.4, 0.5) is 5.69 Å². The minimum absolute atomic E-state index is 0.0342. The molecular formula is C14H16N2O4S. The van der Waals surface area contributed by atoms with Crippen LogP contribution in [0.15, 0.2) is 47.5 Å². The van der Waals surface area contributed by atoms with E-state index in [0.29, 0.717) is 12.2 Å². The second-order valence-electron chi connectivity index (χ2n) is 4.46. The molecule has 0 saturated heterocycles. The van der Waals surface area contributed by atoms with Gasteiger partial charge in [0, 0.05) is 19.8 Å². The maximum atomic E-state index is 12.6. The number of benzene rings is 1. The second-order valence-corrected chi connectivity index (χ2v) is 6.43. The van der Waals surface area contributed by atoms with Crippen LogP contribution in [0.3, 0.4) is 0 Å². The number of rotatable bonds is 5. The van der Waals surface area contributed by atoms with Crippen LogP contribution in [0, 0.1) is 0 Å². The molecule has 0 fully saturated rings. The third kappa shape index (κ3) is 2.78. The largest absolute Gasteiger partial charge is 0.477 e. The normalized spacial score (nSPS) is 11.3. The van der Waals surface area contributed by atoms with Gasteiger partial charge in [-0.1, -0.05) is 18.2 Å². The Morgan fingerprint density at radius 3 is 2.38 bits per heavy atom. The third-order valence-electron chi connectivity index (χ3n) is 3.21. The maximum absolute atomic E-state index is 12.6. The average Bonchev–Trinajstić information content (AvgIpc) is 2.92. The van der Waals surface area contributed by atoms with Gasteiger partial charge in [0.25, 0.3) is 10.0 Å². The number of anilines is 1. The third-order valence-corrected chi connectivity index (χ3v) is 4.96. The van der Waals surface area contributed by atoms with Gasteiger partial charge in [-0.15, -0.1) is 0 Å². The lowest BCUT2D eigenvalue weighted by molar-refractivity contribution is 0.0685. The van der Waals surface area contributed by atoms with Crippen molar-refractivity contribution >= 4 is 21.7 Å². The Morgan fingerprint density at radius 2 is 1.90 bits per heavy atom. The number of aryl methyl sites for hydroxylation is 1. The molecule has 0 unspecified atom stereocenters. The van der Waals surface area contributed by atoms with Gasteiger partial charge in [0.2, 0.25) is 0 Å². The summed E-state index contributed by atoms with van der Waals surface area (Å²) in [7, 11) is -2.35. The van der Waals surface area contributed by atoms with E-state index in [1.807, 2.05) is 0 Å². The van der Waals surface area contributed by atoms with Crippen molar-refractivity contribution in [2.75, 3.05) is 11.4 Å². The Morgan fingerprint density at radius 1 is 1.29 bits per heavy atom. The van der Waals surface area contributed by atoms with Crippen LogP contribution in [-0.4, -0.2) is 31.1 Å². The molecule has 2 rings (SSSR count). The van der Waals surface area contributed by atoms with Crippen molar-refractivity contribution in [2.24, 2.45) is 0 Å². The summed E-state index contributed by atoms with van der Waals surface area (Å²) < 4.78 is 27.6. The van der Waals surface area contributed by atoms with Gasteiger partial charge < -0.3 is 9.67 Å². The van der Waals surface area contributed by atoms with Gasteiger partial charge in [0.1, 0.15) is 10.6 Å². The quantitative estimate of drug-likeness (QED) is 0.916. The first kappa shape index (κ1) is 15.1. The molecule has 7 heteroatoms. The van der Waals surface area contributed by atoms with E-state index >= 15 is 0 Å². The highest BCUT2D eigenvalue weighted by Crippen LogP contribution is 2.23. The van der Waals surface area contributed by atoms with E-state index in [1.54, 1.807) is 37.3 Å². The van der Waals surface area contributed by atoms with Crippen LogP contribution < -0.4 is 4.31 Å². The van der Waals surface area contributed by atoms with Crippen molar-refractivity contribution in [3.8, 4) is 0 Å². The minimum atomic E-state index is -3.79. The summed E-state index contributed by atoms with van der Waals surface area (Å²) in [5.74, 6) is -1.15. The van der Waals surface area contributed by atoms with E-state index in [0.717, 1.165) is 4.31 Å². The van der Waals surface area contributed by atoms with E-state index < -0.39 is 16.0 Å². The molecular weight excluding hydrogens is 292 g/mol. The van der Waals surface area contributed by atoms with Crippen LogP contribution in [-0.2, 0) is 16.6 Å². The summed E-state index contributed by atoms with van der Waals surface area (Å²) in [6.07, 6.45) is 1.35. The predicted molar refractivity (Wildman–Crippen MR) is 79.1 cm³/mol. The molecule has 1 aromatic heterocycles. The SMILES string of the molecule is CCn1cc(S(=O)(=O)N(C)c2ccccc2)cc1C(=O)O. The molecule has 1 N–H and O–H groups in total. The molecule has 1 heterocycles. The van der Waals surface area contributed by atoms with Crippen molar-refractivity contribution in [1.29, 1.82) is 0 Å². The van der Waals surface area contributed by atoms with Crippen LogP contribution in [0.2, 0.25) is 0 Å². The number of carboxylic acid groups (broad SMARTS) is 1. The molecule has 21 heavy (non-hydrogen) atoms. The van der Waals surface area contributed by atoms with Crippen molar-refractivity contribution in [2.45, 2.75) is 18.4 Å². The number of para-hydroxylation sites is 1. The number of carbonyl (C=O) groups is 1. The number of aromatic carboxylic acids is 1. The van der Waals surface area contributed by atoms with E-state index in [-0.39, 0.29) is 10.6 Å². The topological polar surface area (TPSA) is 79.6 Å². The highest BCUT2D eigenvalue weighted by molar-refractivity contribution is 7.92. The summed E-state index contributed by atoms with van der Waals surface area (Å²) in [5, 5.41) is 9.10. The van der Waals surface area contributed by atoms with Gasteiger partial charge in [0.15, 0.2) is 0 Å². The first-order valence-corrected chi connectivity index (χ1v) is 7.79. The Bertz CT molecular complexity index is 751. The first-order chi connectivity index (χ1) is 9.87. The van der Waals surface area contributed by atoms with Gasteiger partial charge in [0.05, 0.1) is 5.69 Å². The lowest BCUT2D eigenvalue weighted by Crippen LogP contribution is -2.26. The molecule has 0 bridgehead atoms. The van der Waals surface area contributed by atoms with Crippen molar-refractivity contribution in [1.82, 2.24) is 4.57 Å². The predicted octanol–water partition coefficient (Wildman–Crippen LogP) is 2.03. The lowest BCUT2D eigenvalue weighted by atomic mass is 10.3. The lowest BCUT2D eigenvalue weighted by Gasteiger charge is -2.18. The molecule has 112 valence electrons. The van der Waals surface area contributed by atoms with Gasteiger partial charge in [-0.25, -0.2) is 13.2 Å². The van der Waals surface area contributed by atoms with Crippen molar-refractivity contribution < 1.29 is 18.3 Å². The smallest absolute Gasteiger partial charge is 0.352 e. The molecule has 2 aromatic rings. The van der Waals surface area contributed by atoms with Crippen LogP contribution in [0.5, 0.6) is 0 Å². The molecule has 1 aromatic carbocycles. The summed E-state index contributed by atoms with van der Waals surface area (Å²) >= 11 is 0. The molecule has 0 aliphatic rings. The van der Waals surface area contributed by atoms with Gasteiger partial charge >= 0.3 is 5.97 Å². The number of sulfonamides is 1. The van der Waals surface area contributed by atoms with Gasteiger partial charge in [-0.2, -0.15) is 0 Å². The first-order valence-electron chi connectivity index (χ1n) is 6.35. The highest BCUT2D eigenvalue weighted by atomic mass is 32.2. The molecule has 0 atom stereocenters. The minimum Gasteiger partial charge on any atom is -0.477 e. The fourth-order valence-corrected chi connectivity index (χ4v) is 3.24. The van der Waals surface area contributed by atoms with Crippen molar-refractivity contribution in [3.63, 3.8) is 0 Å². The highest BCUT2D eigenvalue weighted by Gasteiger charge is 2.25. The average molecular weight is 308 g/mol. The Balaban J connectivity index is 2.47. The van der Waals surface area contributed by atoms with Gasteiger partial charge in [-0.05, 0) is 25.1 Å². The van der Waals surface area contributed by atoms with E-state index in [4.69, 9.17) is 5.11 Å². The molecule has 0 amide bonds. The Kier molecular flexibility index (Phi) is 4.04. The molecule has 0 radical (unpaired) electrons. The number of aromatic nitrogens is 1. The Labute approximate surface area is 123 Å².